The van der Waals surface area contributed by atoms with Crippen LogP contribution in [0.3, 0.4) is 0 Å². The molecule has 0 aliphatic carbocycles. The third kappa shape index (κ3) is 7.87. The molecule has 1 aromatic heterocycles. The lowest BCUT2D eigenvalue weighted by atomic mass is 10.1. The Labute approximate surface area is 190 Å². The molecule has 0 fully saturated rings. The molecule has 2 aliphatic rings. The van der Waals surface area contributed by atoms with E-state index in [1.807, 2.05) is 11.6 Å². The van der Waals surface area contributed by atoms with E-state index in [9.17, 15) is 22.4 Å². The number of halogens is 4. The highest BCUT2D eigenvalue weighted by Gasteiger charge is 2.19. The van der Waals surface area contributed by atoms with Crippen LogP contribution in [0.2, 0.25) is 0 Å². The van der Waals surface area contributed by atoms with E-state index in [2.05, 4.69) is 15.4 Å². The third-order valence-electron chi connectivity index (χ3n) is 5.02. The van der Waals surface area contributed by atoms with Crippen LogP contribution < -0.4 is 5.32 Å². The summed E-state index contributed by atoms with van der Waals surface area (Å²) in [5.74, 6) is 0.274. The molecule has 0 bridgehead atoms. The normalized spacial score (nSPS) is 15.4. The molecule has 0 spiro atoms. The molecule has 0 radical (unpaired) electrons. The SMILES string of the molecule is CCC(F)F.CCCC(=O)c1nc2n(n1)CCC2.OC=C1CCCc2cc(F)cc(F)c2N1. The van der Waals surface area contributed by atoms with Gasteiger partial charge in [0, 0.05) is 37.6 Å². The molecule has 182 valence electrons. The van der Waals surface area contributed by atoms with Gasteiger partial charge in [0.1, 0.15) is 17.5 Å². The largest absolute Gasteiger partial charge is 0.514 e. The van der Waals surface area contributed by atoms with E-state index in [0.717, 1.165) is 50.4 Å². The van der Waals surface area contributed by atoms with Crippen molar-refractivity contribution in [1.82, 2.24) is 14.8 Å². The number of nitrogens with one attached hydrogen (secondary N) is 1. The molecule has 2 aliphatic heterocycles. The molecule has 3 heterocycles. The molecule has 1 aromatic carbocycles. The number of nitrogens with zero attached hydrogens (tertiary/aromatic N) is 3. The highest BCUT2D eigenvalue weighted by Crippen LogP contribution is 2.28. The number of aryl methyl sites for hydroxylation is 3. The van der Waals surface area contributed by atoms with Crippen LogP contribution in [0.1, 0.15) is 74.4 Å². The summed E-state index contributed by atoms with van der Waals surface area (Å²) in [6.45, 7) is 4.36. The van der Waals surface area contributed by atoms with Gasteiger partial charge in [0.05, 0.1) is 11.9 Å². The van der Waals surface area contributed by atoms with Crippen LogP contribution in [0.5, 0.6) is 0 Å². The number of hydrogen-bond acceptors (Lipinski definition) is 5. The summed E-state index contributed by atoms with van der Waals surface area (Å²) in [6, 6.07) is 2.16. The predicted molar refractivity (Wildman–Crippen MR) is 118 cm³/mol. The average molecular weight is 471 g/mol. The van der Waals surface area contributed by atoms with Crippen LogP contribution in [0.4, 0.5) is 23.2 Å². The number of Topliss-reactive ketones (excluding diaryl/α,β-unsaturated/α-hetero) is 1. The molecule has 2 aromatic rings. The Bertz CT molecular complexity index is 939. The number of carbonyl (C=O) groups excluding carboxylic acids is 1. The fraction of sp³-hybridized carbons (Fsp3) is 0.522. The number of aromatic nitrogens is 3. The molecule has 0 saturated heterocycles. The van der Waals surface area contributed by atoms with Gasteiger partial charge in [-0.3, -0.25) is 4.79 Å². The fourth-order valence-electron chi connectivity index (χ4n) is 3.34. The molecule has 4 rings (SSSR count). The maximum Gasteiger partial charge on any atom is 0.238 e. The number of aliphatic hydroxyl groups is 1. The maximum absolute atomic E-state index is 13.4. The number of ketones is 1. The van der Waals surface area contributed by atoms with Gasteiger partial charge in [-0.2, -0.15) is 0 Å². The van der Waals surface area contributed by atoms with Gasteiger partial charge in [-0.05, 0) is 43.7 Å². The number of aliphatic hydroxyl groups excluding tert-OH is 1. The lowest BCUT2D eigenvalue weighted by Crippen LogP contribution is -2.03. The van der Waals surface area contributed by atoms with Gasteiger partial charge in [0.2, 0.25) is 18.0 Å². The molecule has 0 amide bonds. The Morgan fingerprint density at radius 1 is 1.21 bits per heavy atom. The standard InChI is InChI=1S/C11H11F2NO.C9H13N3O.C3H6F2/c12-8-4-7-2-1-3-9(6-15)14-11(7)10(13)5-8;1-2-4-7(13)9-10-8-5-3-6-12(8)11-9;1-2-3(4)5/h4-6,14-15H,1-3H2;2-6H2,1H3;3H,2H2,1H3. The average Bonchev–Trinajstić information content (AvgIpc) is 3.32. The highest BCUT2D eigenvalue weighted by atomic mass is 19.3. The number of hydrogen-bond donors (Lipinski definition) is 2. The van der Waals surface area contributed by atoms with E-state index < -0.39 is 18.1 Å². The second-order valence-electron chi connectivity index (χ2n) is 7.71. The summed E-state index contributed by atoms with van der Waals surface area (Å²) in [6.07, 6.45) is 4.28. The van der Waals surface area contributed by atoms with Crippen molar-refractivity contribution in [2.45, 2.75) is 78.2 Å². The maximum atomic E-state index is 13.4. The smallest absolute Gasteiger partial charge is 0.238 e. The van der Waals surface area contributed by atoms with Crippen molar-refractivity contribution < 1.29 is 27.5 Å². The van der Waals surface area contributed by atoms with E-state index in [1.54, 1.807) is 0 Å². The fourth-order valence-corrected chi connectivity index (χ4v) is 3.34. The summed E-state index contributed by atoms with van der Waals surface area (Å²) < 4.78 is 49.7. The van der Waals surface area contributed by atoms with Crippen LogP contribution in [0, 0.1) is 11.6 Å². The summed E-state index contributed by atoms with van der Waals surface area (Å²) >= 11 is 0. The van der Waals surface area contributed by atoms with E-state index in [-0.39, 0.29) is 17.9 Å². The van der Waals surface area contributed by atoms with E-state index in [4.69, 9.17) is 5.11 Å². The van der Waals surface area contributed by atoms with Gasteiger partial charge < -0.3 is 10.4 Å². The molecule has 0 atom stereocenters. The zero-order valence-electron chi connectivity index (χ0n) is 18.9. The minimum atomic E-state index is -2.12. The second kappa shape index (κ2) is 13.0. The minimum absolute atomic E-state index is 0.0278. The Morgan fingerprint density at radius 2 is 1.94 bits per heavy atom. The number of alkyl halides is 2. The van der Waals surface area contributed by atoms with E-state index in [1.165, 1.54) is 13.0 Å². The quantitative estimate of drug-likeness (QED) is 0.326. The molecule has 10 heteroatoms. The van der Waals surface area contributed by atoms with Gasteiger partial charge in [-0.25, -0.2) is 27.2 Å². The first-order valence-electron chi connectivity index (χ1n) is 11.1. The van der Waals surface area contributed by atoms with Crippen molar-refractivity contribution in [2.24, 2.45) is 0 Å². The van der Waals surface area contributed by atoms with Crippen LogP contribution in [0.15, 0.2) is 24.1 Å². The van der Waals surface area contributed by atoms with Gasteiger partial charge >= 0.3 is 0 Å². The minimum Gasteiger partial charge on any atom is -0.514 e. The number of allylic oxidation sites excluding steroid dienone is 1. The molecule has 2 N–H and O–H groups in total. The van der Waals surface area contributed by atoms with Crippen molar-refractivity contribution in [3.05, 3.63) is 52.9 Å². The lowest BCUT2D eigenvalue weighted by Gasteiger charge is -2.09. The summed E-state index contributed by atoms with van der Waals surface area (Å²) in [5.41, 5.74) is 1.44. The zero-order chi connectivity index (χ0) is 24.4. The first kappa shape index (κ1) is 26.3. The first-order chi connectivity index (χ1) is 15.8. The predicted octanol–water partition coefficient (Wildman–Crippen LogP) is 5.98. The van der Waals surface area contributed by atoms with Crippen LogP contribution in [-0.4, -0.2) is 32.1 Å². The second-order valence-corrected chi connectivity index (χ2v) is 7.71. The topological polar surface area (TPSA) is 80.0 Å². The lowest BCUT2D eigenvalue weighted by molar-refractivity contribution is 0.0971. The molecule has 6 nitrogen and oxygen atoms in total. The van der Waals surface area contributed by atoms with Crippen LogP contribution in [0.25, 0.3) is 0 Å². The number of anilines is 1. The Hall–Kier alpha value is -2.91. The third-order valence-corrected chi connectivity index (χ3v) is 5.02. The van der Waals surface area contributed by atoms with Gasteiger partial charge in [0.25, 0.3) is 0 Å². The number of rotatable bonds is 4. The van der Waals surface area contributed by atoms with Gasteiger partial charge in [-0.15, -0.1) is 5.10 Å². The van der Waals surface area contributed by atoms with Crippen molar-refractivity contribution in [1.29, 1.82) is 0 Å². The van der Waals surface area contributed by atoms with Crippen molar-refractivity contribution >= 4 is 11.5 Å². The monoisotopic (exact) mass is 470 g/mol. The summed E-state index contributed by atoms with van der Waals surface area (Å²) in [7, 11) is 0. The summed E-state index contributed by atoms with van der Waals surface area (Å²) in [5, 5.41) is 15.8. The number of carbonyl (C=O) groups is 1. The first-order valence-corrected chi connectivity index (χ1v) is 11.1. The van der Waals surface area contributed by atoms with Crippen molar-refractivity contribution in [3.63, 3.8) is 0 Å². The molecular formula is C23H30F4N4O2. The molecule has 33 heavy (non-hydrogen) atoms. The Kier molecular flexibility index (Phi) is 10.3. The summed E-state index contributed by atoms with van der Waals surface area (Å²) in [4.78, 5) is 15.6. The van der Waals surface area contributed by atoms with Crippen LogP contribution in [-0.2, 0) is 19.4 Å². The number of fused-ring (bicyclic) bond motifs is 2. The van der Waals surface area contributed by atoms with Crippen LogP contribution >= 0.6 is 0 Å². The Morgan fingerprint density at radius 3 is 2.55 bits per heavy atom. The van der Waals surface area contributed by atoms with Gasteiger partial charge in [-0.1, -0.05) is 13.8 Å². The highest BCUT2D eigenvalue weighted by molar-refractivity contribution is 5.92. The van der Waals surface area contributed by atoms with E-state index >= 15 is 0 Å². The zero-order valence-corrected chi connectivity index (χ0v) is 18.9. The molecule has 0 unspecified atom stereocenters. The molecule has 0 saturated carbocycles. The van der Waals surface area contributed by atoms with Crippen molar-refractivity contribution in [3.8, 4) is 0 Å². The number of benzene rings is 1. The van der Waals surface area contributed by atoms with Crippen molar-refractivity contribution in [2.75, 3.05) is 5.32 Å². The van der Waals surface area contributed by atoms with E-state index in [0.29, 0.717) is 36.3 Å². The Balaban J connectivity index is 0.000000196. The van der Waals surface area contributed by atoms with Gasteiger partial charge in [0.15, 0.2) is 0 Å². The molecular weight excluding hydrogens is 440 g/mol.